The minimum Gasteiger partial charge on any atom is -0.464 e. The zero-order valence-corrected chi connectivity index (χ0v) is 40.4. The fourth-order valence-corrected chi connectivity index (χ4v) is 7.46. The summed E-state index contributed by atoms with van der Waals surface area (Å²) >= 11 is 9.97. The average molecular weight is 1030 g/mol. The van der Waals surface area contributed by atoms with Gasteiger partial charge in [0.05, 0.1) is 37.5 Å². The van der Waals surface area contributed by atoms with Gasteiger partial charge < -0.3 is 23.7 Å². The first kappa shape index (κ1) is 46.7. The van der Waals surface area contributed by atoms with Crippen LogP contribution in [0.25, 0.3) is 33.1 Å². The highest BCUT2D eigenvalue weighted by molar-refractivity contribution is 9.11. The van der Waals surface area contributed by atoms with Gasteiger partial charge in [0.1, 0.15) is 13.5 Å². The number of ether oxygens (including phenoxy) is 5. The molecule has 0 unspecified atom stereocenters. The molecule has 6 aromatic rings. The number of carbonyl (C=O) groups is 3. The van der Waals surface area contributed by atoms with Gasteiger partial charge in [-0.15, -0.1) is 5.10 Å². The summed E-state index contributed by atoms with van der Waals surface area (Å²) in [6, 6.07) is 7.51. The lowest BCUT2D eigenvalue weighted by molar-refractivity contribution is 0.0520. The molecule has 6 rings (SSSR count). The Hall–Kier alpha value is -3.94. The summed E-state index contributed by atoms with van der Waals surface area (Å²) in [5.41, 5.74) is 2.53. The van der Waals surface area contributed by atoms with Crippen molar-refractivity contribution in [3.63, 3.8) is 0 Å². The summed E-state index contributed by atoms with van der Waals surface area (Å²) in [6.07, 6.45) is 4.93. The SMILES string of the molecule is COC(=O)c1[nH]nc2ncc(Br)cc12.COC(=O)c1c2cc(Br)cnc2nn1COCC[Si](C)(C)C.COC(=O)c1nn(COCC[Si](C)(C)C)c2ncc(Br)cc12. The van der Waals surface area contributed by atoms with Crippen molar-refractivity contribution in [2.24, 2.45) is 0 Å². The Labute approximate surface area is 362 Å². The van der Waals surface area contributed by atoms with Crippen molar-refractivity contribution in [3.8, 4) is 0 Å². The smallest absolute Gasteiger partial charge is 0.359 e. The Morgan fingerprint density at radius 1 is 0.638 bits per heavy atom. The second kappa shape index (κ2) is 20.8. The lowest BCUT2D eigenvalue weighted by Gasteiger charge is -2.15. The summed E-state index contributed by atoms with van der Waals surface area (Å²) in [4.78, 5) is 47.7. The molecule has 17 nitrogen and oxygen atoms in total. The fourth-order valence-electron chi connectivity index (χ4n) is 4.96. The normalized spacial score (nSPS) is 11.5. The van der Waals surface area contributed by atoms with E-state index in [2.05, 4.69) is 127 Å². The maximum Gasteiger partial charge on any atom is 0.359 e. The van der Waals surface area contributed by atoms with E-state index in [-0.39, 0.29) is 19.2 Å². The Morgan fingerprint density at radius 3 is 1.69 bits per heavy atom. The van der Waals surface area contributed by atoms with Crippen LogP contribution in [0.15, 0.2) is 50.2 Å². The maximum absolute atomic E-state index is 12.0. The van der Waals surface area contributed by atoms with Gasteiger partial charge >= 0.3 is 17.9 Å². The van der Waals surface area contributed by atoms with Crippen molar-refractivity contribution in [1.82, 2.24) is 44.7 Å². The van der Waals surface area contributed by atoms with Gasteiger partial charge in [0, 0.05) is 61.4 Å². The summed E-state index contributed by atoms with van der Waals surface area (Å²) in [5, 5.41) is 17.0. The molecule has 0 saturated carbocycles. The molecule has 0 aliphatic rings. The molecule has 6 aromatic heterocycles. The molecule has 22 heteroatoms. The zero-order valence-electron chi connectivity index (χ0n) is 33.7. The van der Waals surface area contributed by atoms with Gasteiger partial charge in [-0.25, -0.2) is 38.7 Å². The van der Waals surface area contributed by atoms with Gasteiger partial charge in [-0.3, -0.25) is 5.10 Å². The molecule has 1 N–H and O–H groups in total. The average Bonchev–Trinajstić information content (AvgIpc) is 3.86. The quantitative estimate of drug-likeness (QED) is 0.0504. The maximum atomic E-state index is 12.0. The van der Waals surface area contributed by atoms with E-state index < -0.39 is 34.1 Å². The number of halogens is 3. The van der Waals surface area contributed by atoms with Gasteiger partial charge in [-0.05, 0) is 78.1 Å². The second-order valence-electron chi connectivity index (χ2n) is 15.0. The van der Waals surface area contributed by atoms with Crippen LogP contribution in [0, 0.1) is 0 Å². The number of nitrogens with one attached hydrogen (secondary N) is 1. The molecule has 0 aliphatic heterocycles. The van der Waals surface area contributed by atoms with E-state index >= 15 is 0 Å². The number of hydrogen-bond donors (Lipinski definition) is 1. The molecule has 0 aliphatic carbocycles. The first-order valence-electron chi connectivity index (χ1n) is 17.8. The highest BCUT2D eigenvalue weighted by Gasteiger charge is 2.22. The number of fused-ring (bicyclic) bond motifs is 3. The second-order valence-corrected chi connectivity index (χ2v) is 29.0. The van der Waals surface area contributed by atoms with E-state index in [0.717, 1.165) is 25.5 Å². The van der Waals surface area contributed by atoms with Crippen LogP contribution in [0.4, 0.5) is 0 Å². The highest BCUT2D eigenvalue weighted by atomic mass is 79.9. The molecule has 0 amide bonds. The van der Waals surface area contributed by atoms with Gasteiger partial charge in [0.25, 0.3) is 0 Å². The summed E-state index contributed by atoms with van der Waals surface area (Å²) in [6.45, 7) is 15.6. The molecule has 6 heterocycles. The Balaban J connectivity index is 0.000000197. The van der Waals surface area contributed by atoms with Crippen molar-refractivity contribution in [2.75, 3.05) is 34.5 Å². The fraction of sp³-hybridized carbons (Fsp3) is 0.417. The van der Waals surface area contributed by atoms with E-state index in [1.807, 2.05) is 0 Å². The van der Waals surface area contributed by atoms with Crippen LogP contribution < -0.4 is 0 Å². The van der Waals surface area contributed by atoms with Crippen molar-refractivity contribution >= 4 is 115 Å². The monoisotopic (exact) mass is 1030 g/mol. The molecule has 0 bridgehead atoms. The van der Waals surface area contributed by atoms with Crippen molar-refractivity contribution < 1.29 is 38.1 Å². The van der Waals surface area contributed by atoms with E-state index in [0.29, 0.717) is 57.7 Å². The third-order valence-electron chi connectivity index (χ3n) is 8.06. The van der Waals surface area contributed by atoms with E-state index in [1.54, 1.807) is 41.5 Å². The number of aromatic nitrogens is 9. The largest absolute Gasteiger partial charge is 0.464 e. The number of pyridine rings is 3. The number of nitrogens with zero attached hydrogens (tertiary/aromatic N) is 8. The summed E-state index contributed by atoms with van der Waals surface area (Å²) < 4.78 is 31.0. The van der Waals surface area contributed by atoms with Gasteiger partial charge in [0.2, 0.25) is 0 Å². The first-order valence-corrected chi connectivity index (χ1v) is 27.6. The summed E-state index contributed by atoms with van der Waals surface area (Å²) in [7, 11) is 1.74. The van der Waals surface area contributed by atoms with Crippen molar-refractivity contribution in [1.29, 1.82) is 0 Å². The third-order valence-corrected chi connectivity index (χ3v) is 12.8. The molecule has 0 spiro atoms. The number of hydrogen-bond acceptors (Lipinski definition) is 14. The predicted octanol–water partition coefficient (Wildman–Crippen LogP) is 8.09. The molecule has 0 aromatic carbocycles. The number of rotatable bonds is 13. The van der Waals surface area contributed by atoms with E-state index in [4.69, 9.17) is 18.9 Å². The van der Waals surface area contributed by atoms with Crippen LogP contribution in [0.5, 0.6) is 0 Å². The Kier molecular flexibility index (Phi) is 16.8. The third kappa shape index (κ3) is 13.0. The number of methoxy groups -OCH3 is 3. The van der Waals surface area contributed by atoms with Crippen LogP contribution >= 0.6 is 47.8 Å². The minimum absolute atomic E-state index is 0.211. The minimum atomic E-state index is -1.14. The lowest BCUT2D eigenvalue weighted by atomic mass is 10.2. The van der Waals surface area contributed by atoms with E-state index in [9.17, 15) is 14.4 Å². The number of aromatic amines is 1. The Morgan fingerprint density at radius 2 is 1.14 bits per heavy atom. The molecular weight excluding hydrogens is 982 g/mol. The van der Waals surface area contributed by atoms with Gasteiger partial charge in [0.15, 0.2) is 34.0 Å². The topological polar surface area (TPSA) is 200 Å². The van der Waals surface area contributed by atoms with Crippen LogP contribution in [0.2, 0.25) is 51.4 Å². The van der Waals surface area contributed by atoms with Gasteiger partial charge in [-0.2, -0.15) is 10.2 Å². The Bertz CT molecular complexity index is 2370. The molecule has 0 fully saturated rings. The molecule has 0 saturated heterocycles. The van der Waals surface area contributed by atoms with Crippen LogP contribution in [-0.2, 0) is 37.1 Å². The first-order chi connectivity index (χ1) is 27.3. The number of H-pyrrole nitrogens is 1. The molecule has 0 atom stereocenters. The van der Waals surface area contributed by atoms with Gasteiger partial charge in [-0.1, -0.05) is 39.3 Å². The standard InChI is InChI=1S/2C14H20BrN3O3Si.C8H6BrN3O2/c1-20-14(19)12-11-7-10(15)8-16-13(11)17-18(12)9-21-5-6-22(2,3)4;1-20-14(19)12-11-7-10(15)8-16-13(11)18(17-12)9-21-5-6-22(2,3)4;1-14-8(13)6-5-2-4(9)3-10-7(5)12-11-6/h2*7-8H,5-6,9H2,1-4H3;2-3H,1H3,(H,10,11,12). The molecule has 312 valence electrons. The van der Waals surface area contributed by atoms with Crippen LogP contribution in [0.1, 0.15) is 31.5 Å². The number of carbonyl (C=O) groups excluding carboxylic acids is 3. The molecule has 0 radical (unpaired) electrons. The van der Waals surface area contributed by atoms with Crippen molar-refractivity contribution in [2.45, 2.75) is 64.8 Å². The summed E-state index contributed by atoms with van der Waals surface area (Å²) in [5.74, 6) is -1.38. The predicted molar refractivity (Wildman–Crippen MR) is 234 cm³/mol. The van der Waals surface area contributed by atoms with E-state index in [1.165, 1.54) is 26.0 Å². The highest BCUT2D eigenvalue weighted by Crippen LogP contribution is 2.24. The lowest BCUT2D eigenvalue weighted by Crippen LogP contribution is -2.22. The zero-order chi connectivity index (χ0) is 42.8. The molecular formula is C36H46Br3N9O8Si2. The molecule has 58 heavy (non-hydrogen) atoms. The number of esters is 3. The van der Waals surface area contributed by atoms with Crippen LogP contribution in [-0.4, -0.2) is 113 Å². The van der Waals surface area contributed by atoms with Crippen LogP contribution in [0.3, 0.4) is 0 Å². The van der Waals surface area contributed by atoms with Crippen molar-refractivity contribution in [3.05, 3.63) is 67.3 Å².